The minimum absolute atomic E-state index is 0.0227. The number of halogens is 4. The third-order valence-electron chi connectivity index (χ3n) is 2.49. The molecule has 0 saturated carbocycles. The number of nitrogens with one attached hydrogen (secondary N) is 1. The standard InChI is InChI=1S/C12H9F4N3/c1-5-8(17)2-3-9(18-5)19-12-10(15)6(13)4-7(14)11(12)16/h2-4H,17H2,1H3,(H,18,19). The van der Waals surface area contributed by atoms with Gasteiger partial charge in [-0.15, -0.1) is 0 Å². The molecule has 7 heteroatoms. The summed E-state index contributed by atoms with van der Waals surface area (Å²) in [7, 11) is 0. The van der Waals surface area contributed by atoms with Crippen molar-refractivity contribution < 1.29 is 17.6 Å². The summed E-state index contributed by atoms with van der Waals surface area (Å²) in [5.74, 6) is -6.00. The fraction of sp³-hybridized carbons (Fsp3) is 0.0833. The predicted octanol–water partition coefficient (Wildman–Crippen LogP) is 3.27. The zero-order chi connectivity index (χ0) is 14.2. The van der Waals surface area contributed by atoms with E-state index in [1.54, 1.807) is 6.92 Å². The molecule has 0 aliphatic rings. The molecule has 2 aromatic rings. The van der Waals surface area contributed by atoms with Crippen LogP contribution in [0.5, 0.6) is 0 Å². The quantitative estimate of drug-likeness (QED) is 0.651. The summed E-state index contributed by atoms with van der Waals surface area (Å²) >= 11 is 0. The van der Waals surface area contributed by atoms with Crippen LogP contribution in [0.4, 0.5) is 34.8 Å². The van der Waals surface area contributed by atoms with Gasteiger partial charge in [0.2, 0.25) is 0 Å². The van der Waals surface area contributed by atoms with Gasteiger partial charge in [0.15, 0.2) is 23.3 Å². The summed E-state index contributed by atoms with van der Waals surface area (Å²) in [4.78, 5) is 3.90. The van der Waals surface area contributed by atoms with E-state index < -0.39 is 29.0 Å². The summed E-state index contributed by atoms with van der Waals surface area (Å²) in [6, 6.07) is 2.93. The van der Waals surface area contributed by atoms with E-state index in [0.29, 0.717) is 11.4 Å². The smallest absolute Gasteiger partial charge is 0.185 e. The van der Waals surface area contributed by atoms with Crippen molar-refractivity contribution in [1.82, 2.24) is 4.98 Å². The lowest BCUT2D eigenvalue weighted by Gasteiger charge is -2.10. The van der Waals surface area contributed by atoms with Gasteiger partial charge in [0.1, 0.15) is 11.5 Å². The fourth-order valence-corrected chi connectivity index (χ4v) is 1.45. The molecule has 0 atom stereocenters. The number of nitrogens with zero attached hydrogens (tertiary/aromatic N) is 1. The Bertz CT molecular complexity index is 617. The Morgan fingerprint density at radius 3 is 2.16 bits per heavy atom. The van der Waals surface area contributed by atoms with E-state index in [-0.39, 0.29) is 11.9 Å². The largest absolute Gasteiger partial charge is 0.397 e. The highest BCUT2D eigenvalue weighted by molar-refractivity contribution is 5.60. The average molecular weight is 271 g/mol. The number of rotatable bonds is 2. The van der Waals surface area contributed by atoms with Crippen LogP contribution in [0, 0.1) is 30.2 Å². The van der Waals surface area contributed by atoms with E-state index in [2.05, 4.69) is 10.3 Å². The van der Waals surface area contributed by atoms with Crippen LogP contribution in [0.25, 0.3) is 0 Å². The van der Waals surface area contributed by atoms with Crippen LogP contribution < -0.4 is 11.1 Å². The number of nitrogen functional groups attached to an aromatic ring is 1. The molecule has 1 aromatic carbocycles. The number of aryl methyl sites for hydroxylation is 1. The Labute approximate surface area is 106 Å². The van der Waals surface area contributed by atoms with Crippen molar-refractivity contribution in [3.63, 3.8) is 0 Å². The lowest BCUT2D eigenvalue weighted by atomic mass is 10.2. The van der Waals surface area contributed by atoms with Gasteiger partial charge in [-0.2, -0.15) is 0 Å². The minimum atomic E-state index is -1.52. The van der Waals surface area contributed by atoms with Gasteiger partial charge >= 0.3 is 0 Å². The molecule has 0 aliphatic carbocycles. The Kier molecular flexibility index (Phi) is 3.28. The fourth-order valence-electron chi connectivity index (χ4n) is 1.45. The van der Waals surface area contributed by atoms with Crippen molar-refractivity contribution in [2.45, 2.75) is 6.92 Å². The molecule has 0 amide bonds. The Morgan fingerprint density at radius 2 is 1.63 bits per heavy atom. The van der Waals surface area contributed by atoms with Crippen LogP contribution in [-0.4, -0.2) is 4.98 Å². The Morgan fingerprint density at radius 1 is 1.05 bits per heavy atom. The van der Waals surface area contributed by atoms with E-state index >= 15 is 0 Å². The normalized spacial score (nSPS) is 10.6. The maximum absolute atomic E-state index is 13.4. The molecule has 1 aromatic heterocycles. The molecule has 0 bridgehead atoms. The van der Waals surface area contributed by atoms with E-state index in [1.165, 1.54) is 12.1 Å². The highest BCUT2D eigenvalue weighted by Crippen LogP contribution is 2.27. The molecule has 3 N–H and O–H groups in total. The number of anilines is 3. The van der Waals surface area contributed by atoms with Gasteiger partial charge in [-0.05, 0) is 19.1 Å². The van der Waals surface area contributed by atoms with E-state index in [0.717, 1.165) is 0 Å². The zero-order valence-corrected chi connectivity index (χ0v) is 9.77. The van der Waals surface area contributed by atoms with Gasteiger partial charge < -0.3 is 11.1 Å². The number of aromatic nitrogens is 1. The minimum Gasteiger partial charge on any atom is -0.397 e. The van der Waals surface area contributed by atoms with Gasteiger partial charge in [-0.1, -0.05) is 0 Å². The van der Waals surface area contributed by atoms with Crippen molar-refractivity contribution in [1.29, 1.82) is 0 Å². The molecule has 3 nitrogen and oxygen atoms in total. The second kappa shape index (κ2) is 4.75. The summed E-state index contributed by atoms with van der Waals surface area (Å²) < 4.78 is 52.8. The lowest BCUT2D eigenvalue weighted by Crippen LogP contribution is -2.05. The van der Waals surface area contributed by atoms with Crippen molar-refractivity contribution in [3.8, 4) is 0 Å². The molecule has 100 valence electrons. The van der Waals surface area contributed by atoms with Crippen LogP contribution in [0.2, 0.25) is 0 Å². The summed E-state index contributed by atoms with van der Waals surface area (Å²) in [6.07, 6.45) is 0. The van der Waals surface area contributed by atoms with Crippen molar-refractivity contribution in [2.24, 2.45) is 0 Å². The Hall–Kier alpha value is -2.31. The van der Waals surface area contributed by atoms with Gasteiger partial charge in [0, 0.05) is 6.07 Å². The molecular weight excluding hydrogens is 262 g/mol. The SMILES string of the molecule is Cc1nc(Nc2c(F)c(F)cc(F)c2F)ccc1N. The van der Waals surface area contributed by atoms with Crippen LogP contribution in [0.15, 0.2) is 18.2 Å². The first-order valence-corrected chi connectivity index (χ1v) is 5.23. The third kappa shape index (κ3) is 2.44. The molecule has 0 aliphatic heterocycles. The monoisotopic (exact) mass is 271 g/mol. The van der Waals surface area contributed by atoms with Gasteiger partial charge in [0.25, 0.3) is 0 Å². The van der Waals surface area contributed by atoms with Crippen molar-refractivity contribution in [3.05, 3.63) is 47.2 Å². The van der Waals surface area contributed by atoms with Crippen molar-refractivity contribution >= 4 is 17.2 Å². The average Bonchev–Trinajstić information content (AvgIpc) is 2.36. The van der Waals surface area contributed by atoms with Crippen LogP contribution in [-0.2, 0) is 0 Å². The van der Waals surface area contributed by atoms with Crippen molar-refractivity contribution in [2.75, 3.05) is 11.1 Å². The maximum Gasteiger partial charge on any atom is 0.185 e. The number of benzene rings is 1. The molecular formula is C12H9F4N3. The summed E-state index contributed by atoms with van der Waals surface area (Å²) in [6.45, 7) is 1.58. The van der Waals surface area contributed by atoms with E-state index in [1.807, 2.05) is 0 Å². The molecule has 19 heavy (non-hydrogen) atoms. The van der Waals surface area contributed by atoms with Gasteiger partial charge in [0.05, 0.1) is 11.4 Å². The molecule has 0 spiro atoms. The van der Waals surface area contributed by atoms with E-state index in [4.69, 9.17) is 5.73 Å². The Balaban J connectivity index is 2.46. The first-order valence-electron chi connectivity index (χ1n) is 5.23. The third-order valence-corrected chi connectivity index (χ3v) is 2.49. The first kappa shape index (κ1) is 13.1. The number of hydrogen-bond acceptors (Lipinski definition) is 3. The van der Waals surface area contributed by atoms with Gasteiger partial charge in [-0.3, -0.25) is 0 Å². The maximum atomic E-state index is 13.4. The molecule has 0 radical (unpaired) electrons. The number of pyridine rings is 1. The topological polar surface area (TPSA) is 50.9 Å². The highest BCUT2D eigenvalue weighted by Gasteiger charge is 2.19. The zero-order valence-electron chi connectivity index (χ0n) is 9.77. The molecule has 0 unspecified atom stereocenters. The van der Waals surface area contributed by atoms with E-state index in [9.17, 15) is 17.6 Å². The predicted molar refractivity (Wildman–Crippen MR) is 62.9 cm³/mol. The molecule has 0 fully saturated rings. The van der Waals surface area contributed by atoms with Crippen LogP contribution >= 0.6 is 0 Å². The van der Waals surface area contributed by atoms with Crippen LogP contribution in [0.1, 0.15) is 5.69 Å². The second-order valence-corrected chi connectivity index (χ2v) is 3.84. The second-order valence-electron chi connectivity index (χ2n) is 3.84. The highest BCUT2D eigenvalue weighted by atomic mass is 19.2. The number of nitrogens with two attached hydrogens (primary N) is 1. The molecule has 0 saturated heterocycles. The number of hydrogen-bond donors (Lipinski definition) is 2. The first-order chi connectivity index (χ1) is 8.90. The van der Waals surface area contributed by atoms with Gasteiger partial charge in [-0.25, -0.2) is 22.5 Å². The summed E-state index contributed by atoms with van der Waals surface area (Å²) in [5, 5.41) is 2.19. The van der Waals surface area contributed by atoms with Crippen LogP contribution in [0.3, 0.4) is 0 Å². The molecule has 1 heterocycles. The summed E-state index contributed by atoms with van der Waals surface area (Å²) in [5.41, 5.74) is 5.40. The lowest BCUT2D eigenvalue weighted by molar-refractivity contribution is 0.459. The molecule has 2 rings (SSSR count).